The number of aromatic nitrogens is 4. The molecule has 0 fully saturated rings. The van der Waals surface area contributed by atoms with Crippen molar-refractivity contribution in [1.29, 1.82) is 0 Å². The maximum Gasteiger partial charge on any atom is 0.416 e. The summed E-state index contributed by atoms with van der Waals surface area (Å²) in [4.78, 5) is 35.4. The molecule has 1 amide bonds. The molecule has 2 heterocycles. The van der Waals surface area contributed by atoms with E-state index in [0.717, 1.165) is 35.3 Å². The lowest BCUT2D eigenvalue weighted by molar-refractivity contribution is -0.385. The highest BCUT2D eigenvalue weighted by Crippen LogP contribution is 2.34. The van der Waals surface area contributed by atoms with Gasteiger partial charge in [0.15, 0.2) is 0 Å². The summed E-state index contributed by atoms with van der Waals surface area (Å²) in [6, 6.07) is 9.63. The number of nitro groups is 1. The van der Waals surface area contributed by atoms with Gasteiger partial charge in [0, 0.05) is 23.8 Å². The minimum absolute atomic E-state index is 0.134. The number of benzene rings is 2. The number of alkyl halides is 3. The third kappa shape index (κ3) is 5.11. The van der Waals surface area contributed by atoms with Crippen molar-refractivity contribution < 1.29 is 27.3 Å². The van der Waals surface area contributed by atoms with Gasteiger partial charge in [-0.3, -0.25) is 19.7 Å². The second kappa shape index (κ2) is 9.40. The first-order chi connectivity index (χ1) is 17.0. The Kier molecular flexibility index (Phi) is 6.33. The molecule has 0 saturated carbocycles. The maximum atomic E-state index is 13.2. The van der Waals surface area contributed by atoms with Gasteiger partial charge in [0.05, 0.1) is 22.2 Å². The van der Waals surface area contributed by atoms with Gasteiger partial charge < -0.3 is 9.73 Å². The molecule has 184 valence electrons. The van der Waals surface area contributed by atoms with Gasteiger partial charge in [-0.15, -0.1) is 10.2 Å². The predicted molar refractivity (Wildman–Crippen MR) is 117 cm³/mol. The van der Waals surface area contributed by atoms with Gasteiger partial charge in [-0.1, -0.05) is 6.07 Å². The lowest BCUT2D eigenvalue weighted by Crippen LogP contribution is -2.30. The monoisotopic (exact) mass is 500 g/mol. The zero-order chi connectivity index (χ0) is 26.0. The van der Waals surface area contributed by atoms with Gasteiger partial charge in [0.25, 0.3) is 17.2 Å². The Morgan fingerprint density at radius 2 is 1.94 bits per heavy atom. The smallest absolute Gasteiger partial charge is 0.416 e. The second-order valence-electron chi connectivity index (χ2n) is 7.53. The number of carbonyl (C=O) groups is 1. The summed E-state index contributed by atoms with van der Waals surface area (Å²) < 4.78 is 45.7. The van der Waals surface area contributed by atoms with Crippen molar-refractivity contribution in [3.05, 3.63) is 98.3 Å². The summed E-state index contributed by atoms with van der Waals surface area (Å²) in [6.45, 7) is 1.36. The molecule has 0 aliphatic heterocycles. The molecule has 0 bridgehead atoms. The molecule has 0 saturated heterocycles. The molecule has 1 atom stereocenters. The van der Waals surface area contributed by atoms with E-state index in [1.54, 1.807) is 18.2 Å². The summed E-state index contributed by atoms with van der Waals surface area (Å²) in [5.74, 6) is -0.618. The predicted octanol–water partition coefficient (Wildman–Crippen LogP) is 3.70. The lowest BCUT2D eigenvalue weighted by Gasteiger charge is -2.16. The fourth-order valence-electron chi connectivity index (χ4n) is 3.29. The van der Waals surface area contributed by atoms with Crippen LogP contribution in [-0.2, 0) is 6.18 Å². The molecule has 0 aliphatic rings. The Bertz CT molecular complexity index is 1500. The zero-order valence-corrected chi connectivity index (χ0v) is 18.3. The van der Waals surface area contributed by atoms with Crippen LogP contribution < -0.4 is 10.9 Å². The van der Waals surface area contributed by atoms with Crippen LogP contribution in [0, 0.1) is 10.1 Å². The van der Waals surface area contributed by atoms with Gasteiger partial charge >= 0.3 is 6.18 Å². The van der Waals surface area contributed by atoms with Gasteiger partial charge in [-0.25, -0.2) is 0 Å². The quantitative estimate of drug-likeness (QED) is 0.312. The summed E-state index contributed by atoms with van der Waals surface area (Å²) in [7, 11) is 0. The van der Waals surface area contributed by atoms with E-state index in [0.29, 0.717) is 11.6 Å². The summed E-state index contributed by atoms with van der Waals surface area (Å²) in [5.41, 5.74) is -2.12. The fraction of sp³-hybridized carbons (Fsp3) is 0.136. The molecule has 1 N–H and O–H groups in total. The van der Waals surface area contributed by atoms with Crippen molar-refractivity contribution in [2.24, 2.45) is 0 Å². The van der Waals surface area contributed by atoms with Crippen LogP contribution in [0.15, 0.2) is 70.2 Å². The van der Waals surface area contributed by atoms with Crippen molar-refractivity contribution in [2.45, 2.75) is 19.1 Å². The van der Waals surface area contributed by atoms with Crippen molar-refractivity contribution >= 4 is 11.6 Å². The minimum Gasteiger partial charge on any atom is -0.423 e. The number of carbonyl (C=O) groups excluding carboxylic acids is 1. The molecule has 14 heteroatoms. The highest BCUT2D eigenvalue weighted by molar-refractivity contribution is 5.92. The Labute approximate surface area is 199 Å². The van der Waals surface area contributed by atoms with Crippen molar-refractivity contribution in [3.63, 3.8) is 0 Å². The molecule has 11 nitrogen and oxygen atoms in total. The minimum atomic E-state index is -4.82. The Balaban J connectivity index is 1.62. The largest absolute Gasteiger partial charge is 0.423 e. The number of nitrogens with one attached hydrogen (secondary N) is 1. The number of nitro benzene ring substituents is 1. The number of non-ortho nitro benzene ring substituents is 1. The average Bonchev–Trinajstić information content (AvgIpc) is 3.38. The fourth-order valence-corrected chi connectivity index (χ4v) is 3.29. The van der Waals surface area contributed by atoms with Crippen LogP contribution in [0.3, 0.4) is 0 Å². The van der Waals surface area contributed by atoms with E-state index in [2.05, 4.69) is 20.6 Å². The van der Waals surface area contributed by atoms with E-state index < -0.39 is 39.9 Å². The third-order valence-electron chi connectivity index (χ3n) is 5.06. The number of halogens is 3. The molecule has 36 heavy (non-hydrogen) atoms. The number of hydrogen-bond donors (Lipinski definition) is 1. The first-order valence-electron chi connectivity index (χ1n) is 10.2. The van der Waals surface area contributed by atoms with Gasteiger partial charge in [0.2, 0.25) is 12.3 Å². The van der Waals surface area contributed by atoms with Crippen molar-refractivity contribution in [3.8, 4) is 17.1 Å². The first kappa shape index (κ1) is 24.3. The van der Waals surface area contributed by atoms with Gasteiger partial charge in [-0.05, 0) is 42.8 Å². The molecule has 0 aliphatic carbocycles. The van der Waals surface area contributed by atoms with E-state index in [4.69, 9.17) is 4.42 Å². The van der Waals surface area contributed by atoms with Crippen LogP contribution in [0.2, 0.25) is 0 Å². The van der Waals surface area contributed by atoms with E-state index in [1.165, 1.54) is 13.0 Å². The van der Waals surface area contributed by atoms with Crippen molar-refractivity contribution in [1.82, 2.24) is 25.3 Å². The number of hydrogen-bond acceptors (Lipinski definition) is 8. The summed E-state index contributed by atoms with van der Waals surface area (Å²) in [5, 5.41) is 25.0. The van der Waals surface area contributed by atoms with Crippen LogP contribution in [0.1, 0.15) is 34.6 Å². The Morgan fingerprint density at radius 3 is 2.61 bits per heavy atom. The highest BCUT2D eigenvalue weighted by atomic mass is 19.4. The molecule has 4 aromatic rings. The van der Waals surface area contributed by atoms with E-state index in [1.807, 2.05) is 0 Å². The molecule has 4 rings (SSSR count). The molecule has 0 radical (unpaired) electrons. The third-order valence-corrected chi connectivity index (χ3v) is 5.06. The molecule has 0 spiro atoms. The lowest BCUT2D eigenvalue weighted by atomic mass is 10.0. The van der Waals surface area contributed by atoms with E-state index >= 15 is 0 Å². The Hall–Kier alpha value is -4.88. The average molecular weight is 500 g/mol. The first-order valence-corrected chi connectivity index (χ1v) is 10.2. The SMILES string of the molecule is C[C@@H](NC(=O)c1ccc(=O)n(-c2cccc(-c3nnco3)c2)n1)c1cc([N+](=O)[O-])cc(C(F)(F)F)c1. The molecule has 2 aromatic heterocycles. The molecule has 0 unspecified atom stereocenters. The van der Waals surface area contributed by atoms with Crippen LogP contribution in [-0.4, -0.2) is 30.8 Å². The zero-order valence-electron chi connectivity index (χ0n) is 18.3. The molecule has 2 aromatic carbocycles. The van der Waals surface area contributed by atoms with Crippen LogP contribution >= 0.6 is 0 Å². The maximum absolute atomic E-state index is 13.2. The Morgan fingerprint density at radius 1 is 1.17 bits per heavy atom. The standard InChI is InChI=1S/C22H15F3N6O5/c1-12(14-7-15(22(23,24)25)10-17(9-14)31(34)35)27-20(33)18-5-6-19(32)30(29-18)16-4-2-3-13(8-16)21-28-26-11-36-21/h2-12H,1H3,(H,27,33)/t12-/m1/s1. The topological polar surface area (TPSA) is 146 Å². The highest BCUT2D eigenvalue weighted by Gasteiger charge is 2.33. The molecular weight excluding hydrogens is 485 g/mol. The van der Waals surface area contributed by atoms with E-state index in [-0.39, 0.29) is 22.8 Å². The summed E-state index contributed by atoms with van der Waals surface area (Å²) in [6.07, 6.45) is -3.69. The van der Waals surface area contributed by atoms with Crippen LogP contribution in [0.5, 0.6) is 0 Å². The second-order valence-corrected chi connectivity index (χ2v) is 7.53. The van der Waals surface area contributed by atoms with Crippen LogP contribution in [0.25, 0.3) is 17.1 Å². The number of rotatable bonds is 6. The normalized spacial score (nSPS) is 12.2. The van der Waals surface area contributed by atoms with Crippen LogP contribution in [0.4, 0.5) is 18.9 Å². The van der Waals surface area contributed by atoms with Gasteiger partial charge in [-0.2, -0.15) is 23.0 Å². The van der Waals surface area contributed by atoms with Crippen molar-refractivity contribution in [2.75, 3.05) is 0 Å². The number of nitrogens with zero attached hydrogens (tertiary/aromatic N) is 5. The number of amides is 1. The summed E-state index contributed by atoms with van der Waals surface area (Å²) >= 11 is 0. The molecular formula is C22H15F3N6O5. The van der Waals surface area contributed by atoms with Gasteiger partial charge in [0.1, 0.15) is 5.69 Å². The van der Waals surface area contributed by atoms with E-state index in [9.17, 15) is 32.9 Å².